The van der Waals surface area contributed by atoms with Gasteiger partial charge in [0.15, 0.2) is 0 Å². The van der Waals surface area contributed by atoms with Crippen molar-refractivity contribution in [2.24, 2.45) is 5.73 Å². The molecule has 82 valence electrons. The molecule has 15 heavy (non-hydrogen) atoms. The number of hydrogen-bond acceptors (Lipinski definition) is 1. The summed E-state index contributed by atoms with van der Waals surface area (Å²) >= 11 is 0. The van der Waals surface area contributed by atoms with Crippen LogP contribution in [0.5, 0.6) is 0 Å². The highest BCUT2D eigenvalue weighted by Gasteiger charge is 2.46. The molecule has 0 spiro atoms. The SMILES string of the molecule is C[C@@]12CC[C@@H](C[C@@H]1N)c1ccccc12.Cl. The van der Waals surface area contributed by atoms with E-state index in [-0.39, 0.29) is 17.8 Å². The molecule has 3 atom stereocenters. The van der Waals surface area contributed by atoms with Crippen LogP contribution in [0, 0.1) is 0 Å². The average molecular weight is 224 g/mol. The van der Waals surface area contributed by atoms with Crippen LogP contribution in [0.2, 0.25) is 0 Å². The predicted octanol–water partition coefficient (Wildman–Crippen LogP) is 2.97. The van der Waals surface area contributed by atoms with E-state index < -0.39 is 0 Å². The summed E-state index contributed by atoms with van der Waals surface area (Å²) in [4.78, 5) is 0. The molecule has 2 heteroatoms. The van der Waals surface area contributed by atoms with Crippen LogP contribution in [0.1, 0.15) is 43.2 Å². The molecular weight excluding hydrogens is 206 g/mol. The Morgan fingerprint density at radius 2 is 2.07 bits per heavy atom. The molecule has 0 amide bonds. The van der Waals surface area contributed by atoms with Crippen molar-refractivity contribution >= 4 is 12.4 Å². The van der Waals surface area contributed by atoms with Gasteiger partial charge in [0.1, 0.15) is 0 Å². The van der Waals surface area contributed by atoms with Crippen molar-refractivity contribution in [3.63, 3.8) is 0 Å². The van der Waals surface area contributed by atoms with Gasteiger partial charge in [0, 0.05) is 11.5 Å². The van der Waals surface area contributed by atoms with Gasteiger partial charge < -0.3 is 5.73 Å². The Balaban J connectivity index is 0.000000853. The van der Waals surface area contributed by atoms with Crippen LogP contribution in [0.25, 0.3) is 0 Å². The molecule has 1 fully saturated rings. The fraction of sp³-hybridized carbons (Fsp3) is 0.538. The second kappa shape index (κ2) is 3.50. The fourth-order valence-electron chi connectivity index (χ4n) is 3.33. The van der Waals surface area contributed by atoms with Crippen molar-refractivity contribution in [3.05, 3.63) is 35.4 Å². The van der Waals surface area contributed by atoms with Crippen LogP contribution in [0.3, 0.4) is 0 Å². The summed E-state index contributed by atoms with van der Waals surface area (Å²) in [5, 5.41) is 0. The molecule has 1 saturated carbocycles. The molecule has 0 aromatic heterocycles. The summed E-state index contributed by atoms with van der Waals surface area (Å²) < 4.78 is 0. The summed E-state index contributed by atoms with van der Waals surface area (Å²) in [6, 6.07) is 9.26. The zero-order chi connectivity index (χ0) is 9.76. The van der Waals surface area contributed by atoms with E-state index in [9.17, 15) is 0 Å². The Hall–Kier alpha value is -0.530. The summed E-state index contributed by atoms with van der Waals surface area (Å²) in [5.74, 6) is 0.739. The van der Waals surface area contributed by atoms with Crippen LogP contribution in [0.4, 0.5) is 0 Å². The minimum Gasteiger partial charge on any atom is -0.327 e. The van der Waals surface area contributed by atoms with Gasteiger partial charge in [-0.25, -0.2) is 0 Å². The van der Waals surface area contributed by atoms with Gasteiger partial charge in [0.25, 0.3) is 0 Å². The lowest BCUT2D eigenvalue weighted by Crippen LogP contribution is -2.51. The third kappa shape index (κ3) is 1.33. The maximum Gasteiger partial charge on any atom is 0.0140 e. The number of fused-ring (bicyclic) bond motifs is 2. The Labute approximate surface area is 97.5 Å². The Morgan fingerprint density at radius 3 is 2.80 bits per heavy atom. The van der Waals surface area contributed by atoms with Gasteiger partial charge in [0.2, 0.25) is 0 Å². The highest BCUT2D eigenvalue weighted by Crippen LogP contribution is 2.52. The first-order valence-electron chi connectivity index (χ1n) is 5.57. The summed E-state index contributed by atoms with van der Waals surface area (Å²) in [6.45, 7) is 2.34. The van der Waals surface area contributed by atoms with Crippen molar-refractivity contribution in [1.29, 1.82) is 0 Å². The number of nitrogens with two attached hydrogens (primary N) is 1. The van der Waals surface area contributed by atoms with Crippen LogP contribution < -0.4 is 5.73 Å². The van der Waals surface area contributed by atoms with E-state index in [1.165, 1.54) is 24.8 Å². The molecule has 2 N–H and O–H groups in total. The van der Waals surface area contributed by atoms with Gasteiger partial charge in [-0.05, 0) is 36.3 Å². The van der Waals surface area contributed by atoms with Crippen molar-refractivity contribution in [2.75, 3.05) is 0 Å². The lowest BCUT2D eigenvalue weighted by molar-refractivity contribution is 0.218. The molecule has 1 aromatic rings. The third-order valence-electron chi connectivity index (χ3n) is 4.38. The number of halogens is 1. The zero-order valence-corrected chi connectivity index (χ0v) is 9.89. The zero-order valence-electron chi connectivity index (χ0n) is 9.07. The average Bonchev–Trinajstić information content (AvgIpc) is 2.22. The van der Waals surface area contributed by atoms with Crippen molar-refractivity contribution in [1.82, 2.24) is 0 Å². The second-order valence-electron chi connectivity index (χ2n) is 5.08. The summed E-state index contributed by atoms with van der Waals surface area (Å²) in [6.07, 6.45) is 3.80. The molecule has 0 aliphatic heterocycles. The first-order chi connectivity index (χ1) is 6.72. The van der Waals surface area contributed by atoms with Crippen molar-refractivity contribution in [3.8, 4) is 0 Å². The van der Waals surface area contributed by atoms with Crippen LogP contribution in [-0.4, -0.2) is 6.04 Å². The number of rotatable bonds is 0. The quantitative estimate of drug-likeness (QED) is 0.719. The van der Waals surface area contributed by atoms with Gasteiger partial charge in [-0.2, -0.15) is 0 Å². The number of benzene rings is 1. The largest absolute Gasteiger partial charge is 0.327 e. The summed E-state index contributed by atoms with van der Waals surface area (Å²) in [5.41, 5.74) is 9.62. The number of hydrogen-bond donors (Lipinski definition) is 1. The van der Waals surface area contributed by atoms with Gasteiger partial charge in [-0.15, -0.1) is 12.4 Å². The Morgan fingerprint density at radius 1 is 1.33 bits per heavy atom. The van der Waals surface area contributed by atoms with Crippen molar-refractivity contribution < 1.29 is 0 Å². The smallest absolute Gasteiger partial charge is 0.0140 e. The first-order valence-corrected chi connectivity index (χ1v) is 5.57. The molecule has 4 rings (SSSR count). The Kier molecular flexibility index (Phi) is 2.56. The molecule has 1 aromatic carbocycles. The molecule has 0 unspecified atom stereocenters. The maximum absolute atomic E-state index is 6.27. The van der Waals surface area contributed by atoms with Gasteiger partial charge >= 0.3 is 0 Å². The molecule has 1 nitrogen and oxygen atoms in total. The van der Waals surface area contributed by atoms with Crippen LogP contribution >= 0.6 is 12.4 Å². The van der Waals surface area contributed by atoms with E-state index in [0.717, 1.165) is 5.92 Å². The van der Waals surface area contributed by atoms with Gasteiger partial charge in [-0.3, -0.25) is 0 Å². The van der Waals surface area contributed by atoms with Crippen LogP contribution in [-0.2, 0) is 5.41 Å². The van der Waals surface area contributed by atoms with Crippen molar-refractivity contribution in [2.45, 2.75) is 43.6 Å². The second-order valence-corrected chi connectivity index (χ2v) is 5.08. The topological polar surface area (TPSA) is 26.0 Å². The van der Waals surface area contributed by atoms with E-state index in [1.807, 2.05) is 0 Å². The molecule has 3 aliphatic carbocycles. The molecule has 3 aliphatic rings. The first kappa shape index (κ1) is 11.0. The predicted molar refractivity (Wildman–Crippen MR) is 65.6 cm³/mol. The van der Waals surface area contributed by atoms with E-state index in [4.69, 9.17) is 5.73 Å². The lowest BCUT2D eigenvalue weighted by Gasteiger charge is -2.50. The highest BCUT2D eigenvalue weighted by atomic mass is 35.5. The van der Waals surface area contributed by atoms with E-state index in [0.29, 0.717) is 6.04 Å². The van der Waals surface area contributed by atoms with E-state index >= 15 is 0 Å². The van der Waals surface area contributed by atoms with Crippen LogP contribution in [0.15, 0.2) is 24.3 Å². The lowest BCUT2D eigenvalue weighted by atomic mass is 9.56. The molecule has 2 bridgehead atoms. The minimum atomic E-state index is 0. The van der Waals surface area contributed by atoms with Gasteiger partial charge in [0.05, 0.1) is 0 Å². The highest BCUT2D eigenvalue weighted by molar-refractivity contribution is 5.85. The minimum absolute atomic E-state index is 0. The molecular formula is C13H18ClN. The molecule has 0 saturated heterocycles. The van der Waals surface area contributed by atoms with Gasteiger partial charge in [-0.1, -0.05) is 31.2 Å². The standard InChI is InChI=1S/C13H17N.ClH/c1-13-7-6-9(8-12(13)14)10-4-2-3-5-11(10)13;/h2-5,9,12H,6-8,14H2,1H3;1H/t9-,12-,13-;/m0./s1. The van der Waals surface area contributed by atoms with E-state index in [2.05, 4.69) is 31.2 Å². The normalized spacial score (nSPS) is 36.9. The van der Waals surface area contributed by atoms with E-state index in [1.54, 1.807) is 5.56 Å². The monoisotopic (exact) mass is 223 g/mol. The molecule has 0 radical (unpaired) electrons. The maximum atomic E-state index is 6.27. The third-order valence-corrected chi connectivity index (χ3v) is 4.38. The summed E-state index contributed by atoms with van der Waals surface area (Å²) in [7, 11) is 0. The fourth-order valence-corrected chi connectivity index (χ4v) is 3.33. The Bertz CT molecular complexity index is 377. The molecule has 0 heterocycles.